The molecule has 0 aromatic heterocycles. The standard InChI is InChI=1S/C19H34ClNO5S/c1-5-6-11-7-13(21(3)9-11)14(22)8-12(10(2)20)18-16(24)15(23)17(25)19(26-18)27-4/h10-13,15-19,23-25H,5-9H2,1-4H3/t10?,11-,12?,13+,15+,16-,17-,18-,19-/m1/s1. The molecular weight excluding hydrogens is 390 g/mol. The Balaban J connectivity index is 2.09. The molecule has 8 heteroatoms. The van der Waals surface area contributed by atoms with E-state index < -0.39 is 41.1 Å². The quantitative estimate of drug-likeness (QED) is 0.509. The van der Waals surface area contributed by atoms with Crippen LogP contribution in [0.15, 0.2) is 0 Å². The topological polar surface area (TPSA) is 90.2 Å². The molecule has 0 saturated carbocycles. The van der Waals surface area contributed by atoms with Crippen LogP contribution in [0.2, 0.25) is 0 Å². The largest absolute Gasteiger partial charge is 0.388 e. The van der Waals surface area contributed by atoms with Gasteiger partial charge in [-0.2, -0.15) is 0 Å². The van der Waals surface area contributed by atoms with Crippen LogP contribution in [0.3, 0.4) is 0 Å². The van der Waals surface area contributed by atoms with Gasteiger partial charge in [0.2, 0.25) is 0 Å². The average Bonchev–Trinajstić information content (AvgIpc) is 2.99. The molecule has 2 saturated heterocycles. The molecule has 0 aromatic carbocycles. The van der Waals surface area contributed by atoms with Gasteiger partial charge < -0.3 is 20.1 Å². The van der Waals surface area contributed by atoms with Crippen molar-refractivity contribution in [2.45, 2.75) is 80.8 Å². The van der Waals surface area contributed by atoms with E-state index in [2.05, 4.69) is 11.8 Å². The van der Waals surface area contributed by atoms with Crippen LogP contribution in [0, 0.1) is 11.8 Å². The predicted molar refractivity (Wildman–Crippen MR) is 108 cm³/mol. The van der Waals surface area contributed by atoms with Gasteiger partial charge in [0.05, 0.1) is 12.1 Å². The fourth-order valence-corrected chi connectivity index (χ4v) is 5.34. The van der Waals surface area contributed by atoms with E-state index in [0.29, 0.717) is 5.92 Å². The first-order valence-electron chi connectivity index (χ1n) is 9.80. The third-order valence-electron chi connectivity index (χ3n) is 5.99. The van der Waals surface area contributed by atoms with Crippen LogP contribution in [0.4, 0.5) is 0 Å². The van der Waals surface area contributed by atoms with Gasteiger partial charge in [0, 0.05) is 24.3 Å². The predicted octanol–water partition coefficient (Wildman–Crippen LogP) is 1.48. The summed E-state index contributed by atoms with van der Waals surface area (Å²) in [7, 11) is 1.98. The summed E-state index contributed by atoms with van der Waals surface area (Å²) in [6.45, 7) is 4.86. The lowest BCUT2D eigenvalue weighted by atomic mass is 9.83. The van der Waals surface area contributed by atoms with E-state index in [1.807, 2.05) is 7.05 Å². The Bertz CT molecular complexity index is 495. The van der Waals surface area contributed by atoms with Gasteiger partial charge in [0.1, 0.15) is 29.5 Å². The van der Waals surface area contributed by atoms with Gasteiger partial charge in [-0.05, 0) is 39.0 Å². The second kappa shape index (κ2) is 10.2. The Morgan fingerprint density at radius 3 is 2.52 bits per heavy atom. The minimum atomic E-state index is -1.32. The second-order valence-corrected chi connectivity index (χ2v) is 9.66. The SMILES string of the molecule is CCC[C@@H]1C[C@@H](C(=O)CC(C(C)Cl)[C@H]2O[C@H](SC)[C@H](O)[C@@H](O)[C@H]2O)N(C)C1. The van der Waals surface area contributed by atoms with Crippen molar-refractivity contribution in [1.82, 2.24) is 4.90 Å². The fraction of sp³-hybridized carbons (Fsp3) is 0.947. The molecule has 0 bridgehead atoms. The van der Waals surface area contributed by atoms with Gasteiger partial charge in [0.25, 0.3) is 0 Å². The highest BCUT2D eigenvalue weighted by Crippen LogP contribution is 2.36. The molecular formula is C19H34ClNO5S. The zero-order valence-electron chi connectivity index (χ0n) is 16.6. The molecule has 2 fully saturated rings. The molecule has 0 radical (unpaired) electrons. The highest BCUT2D eigenvalue weighted by molar-refractivity contribution is 7.99. The molecule has 2 aliphatic rings. The summed E-state index contributed by atoms with van der Waals surface area (Å²) in [6, 6.07) is -0.132. The number of hydrogen-bond donors (Lipinski definition) is 3. The molecule has 2 aliphatic heterocycles. The number of aliphatic hydroxyl groups excluding tert-OH is 3. The summed E-state index contributed by atoms with van der Waals surface area (Å²) in [5.41, 5.74) is -0.662. The van der Waals surface area contributed by atoms with Crippen molar-refractivity contribution in [1.29, 1.82) is 0 Å². The van der Waals surface area contributed by atoms with Crippen molar-refractivity contribution in [3.05, 3.63) is 0 Å². The number of nitrogens with zero attached hydrogens (tertiary/aromatic N) is 1. The highest BCUT2D eigenvalue weighted by Gasteiger charge is 2.48. The molecule has 27 heavy (non-hydrogen) atoms. The number of likely N-dealkylation sites (tertiary alicyclic amines) is 1. The molecule has 0 amide bonds. The van der Waals surface area contributed by atoms with Crippen molar-refractivity contribution in [2.75, 3.05) is 19.8 Å². The minimum absolute atomic E-state index is 0.103. The Labute approximate surface area is 171 Å². The Morgan fingerprint density at radius 2 is 1.96 bits per heavy atom. The van der Waals surface area contributed by atoms with E-state index in [9.17, 15) is 20.1 Å². The lowest BCUT2D eigenvalue weighted by molar-refractivity contribution is -0.211. The first kappa shape index (κ1) is 23.4. The minimum Gasteiger partial charge on any atom is -0.388 e. The maximum absolute atomic E-state index is 13.0. The second-order valence-electron chi connectivity index (χ2n) is 8.03. The summed E-state index contributed by atoms with van der Waals surface area (Å²) >= 11 is 7.64. The molecule has 0 aromatic rings. The van der Waals surface area contributed by atoms with E-state index >= 15 is 0 Å². The smallest absolute Gasteiger partial charge is 0.150 e. The molecule has 2 heterocycles. The van der Waals surface area contributed by atoms with Crippen LogP contribution in [0.25, 0.3) is 0 Å². The van der Waals surface area contributed by atoms with Gasteiger partial charge in [-0.15, -0.1) is 23.4 Å². The molecule has 158 valence electrons. The van der Waals surface area contributed by atoms with E-state index in [0.717, 1.165) is 25.8 Å². The van der Waals surface area contributed by atoms with Gasteiger partial charge in [0.15, 0.2) is 0 Å². The lowest BCUT2D eigenvalue weighted by Crippen LogP contribution is -2.59. The number of ether oxygens (including phenoxy) is 1. The number of thioether (sulfide) groups is 1. The number of carbonyl (C=O) groups excluding carboxylic acids is 1. The third kappa shape index (κ3) is 5.38. The monoisotopic (exact) mass is 423 g/mol. The van der Waals surface area contributed by atoms with Crippen LogP contribution >= 0.6 is 23.4 Å². The lowest BCUT2D eigenvalue weighted by Gasteiger charge is -2.44. The van der Waals surface area contributed by atoms with Crippen LogP contribution in [-0.2, 0) is 9.53 Å². The van der Waals surface area contributed by atoms with Crippen molar-refractivity contribution in [3.8, 4) is 0 Å². The number of ketones is 1. The zero-order valence-corrected chi connectivity index (χ0v) is 18.2. The van der Waals surface area contributed by atoms with Gasteiger partial charge in [-0.3, -0.25) is 9.69 Å². The first-order valence-corrected chi connectivity index (χ1v) is 11.5. The van der Waals surface area contributed by atoms with Crippen LogP contribution in [-0.4, -0.2) is 87.1 Å². The van der Waals surface area contributed by atoms with Crippen molar-refractivity contribution in [3.63, 3.8) is 0 Å². The molecule has 0 aliphatic carbocycles. The van der Waals surface area contributed by atoms with Gasteiger partial charge in [-0.1, -0.05) is 13.3 Å². The van der Waals surface area contributed by atoms with E-state index in [1.54, 1.807) is 13.2 Å². The summed E-state index contributed by atoms with van der Waals surface area (Å²) < 4.78 is 5.86. The molecule has 0 spiro atoms. The van der Waals surface area contributed by atoms with Crippen molar-refractivity contribution >= 4 is 29.1 Å². The number of rotatable bonds is 8. The summed E-state index contributed by atoms with van der Waals surface area (Å²) in [4.78, 5) is 15.1. The summed E-state index contributed by atoms with van der Waals surface area (Å²) in [5.74, 6) is 0.200. The number of likely N-dealkylation sites (N-methyl/N-ethyl adjacent to an activating group) is 1. The van der Waals surface area contributed by atoms with Gasteiger partial charge >= 0.3 is 0 Å². The number of aliphatic hydroxyl groups is 3. The Kier molecular flexibility index (Phi) is 8.86. The molecule has 6 nitrogen and oxygen atoms in total. The first-order chi connectivity index (χ1) is 12.7. The third-order valence-corrected chi connectivity index (χ3v) is 7.17. The average molecular weight is 424 g/mol. The number of hydrogen-bond acceptors (Lipinski definition) is 7. The zero-order chi connectivity index (χ0) is 20.3. The Morgan fingerprint density at radius 1 is 1.30 bits per heavy atom. The Hall–Kier alpha value is 0.110. The molecule has 3 N–H and O–H groups in total. The maximum atomic E-state index is 13.0. The van der Waals surface area contributed by atoms with Crippen molar-refractivity contribution in [2.24, 2.45) is 11.8 Å². The van der Waals surface area contributed by atoms with Crippen molar-refractivity contribution < 1.29 is 24.9 Å². The van der Waals surface area contributed by atoms with Gasteiger partial charge in [-0.25, -0.2) is 0 Å². The van der Waals surface area contributed by atoms with E-state index in [-0.39, 0.29) is 18.2 Å². The highest BCUT2D eigenvalue weighted by atomic mass is 35.5. The van der Waals surface area contributed by atoms with Crippen LogP contribution < -0.4 is 0 Å². The van der Waals surface area contributed by atoms with Crippen LogP contribution in [0.1, 0.15) is 39.5 Å². The fourth-order valence-electron chi connectivity index (χ4n) is 4.43. The number of carbonyl (C=O) groups is 1. The molecule has 2 rings (SSSR count). The molecule has 2 unspecified atom stereocenters. The van der Waals surface area contributed by atoms with E-state index in [1.165, 1.54) is 11.8 Å². The van der Waals surface area contributed by atoms with Crippen LogP contribution in [0.5, 0.6) is 0 Å². The number of alkyl halides is 1. The number of Topliss-reactive ketones (excluding diaryl/α,β-unsaturated/α-hetero) is 1. The summed E-state index contributed by atoms with van der Waals surface area (Å²) in [5, 5.41) is 30.3. The van der Waals surface area contributed by atoms with E-state index in [4.69, 9.17) is 16.3 Å². The molecule has 9 atom stereocenters. The normalized spacial score (nSPS) is 40.1. The maximum Gasteiger partial charge on any atom is 0.150 e. The number of halogens is 1. The summed E-state index contributed by atoms with van der Waals surface area (Å²) in [6.07, 6.45) is 0.459.